The SMILES string of the molecule is CNc1cc(S(=O)(=O)O)cc2cc(S(=O)(=O)O)c(N=Nc3ccc4cc(S(=O)(=O)COS(=O)(=O)O)ccc4c3S(=O)(=O)O)c(O)c12. The first-order valence-corrected chi connectivity index (χ1v) is 19.0. The number of azo groups is 1. The third kappa shape index (κ3) is 7.25. The molecule has 19 nitrogen and oxygen atoms in total. The number of sulfone groups is 1. The second-order valence-corrected chi connectivity index (χ2v) is 16.3. The number of benzene rings is 4. The predicted octanol–water partition coefficient (Wildman–Crippen LogP) is 2.45. The average molecular weight is 742 g/mol. The van der Waals surface area contributed by atoms with Crippen molar-refractivity contribution in [2.45, 2.75) is 19.6 Å². The second kappa shape index (κ2) is 11.7. The molecular formula is C22H19N3O16S5. The number of hydrogen-bond donors (Lipinski definition) is 6. The van der Waals surface area contributed by atoms with Gasteiger partial charge in [-0.05, 0) is 47.2 Å². The summed E-state index contributed by atoms with van der Waals surface area (Å²) in [5, 5.41) is 19.7. The summed E-state index contributed by atoms with van der Waals surface area (Å²) in [5.74, 6) is -2.51. The van der Waals surface area contributed by atoms with Crippen molar-refractivity contribution in [1.29, 1.82) is 0 Å². The van der Waals surface area contributed by atoms with E-state index in [1.54, 1.807) is 0 Å². The zero-order valence-corrected chi connectivity index (χ0v) is 26.6. The van der Waals surface area contributed by atoms with Crippen LogP contribution in [0.25, 0.3) is 21.5 Å². The molecule has 6 N–H and O–H groups in total. The Morgan fingerprint density at radius 1 is 0.717 bits per heavy atom. The van der Waals surface area contributed by atoms with E-state index in [1.807, 2.05) is 0 Å². The molecule has 0 fully saturated rings. The van der Waals surface area contributed by atoms with Gasteiger partial charge in [-0.25, -0.2) is 12.6 Å². The Morgan fingerprint density at radius 3 is 1.89 bits per heavy atom. The maximum atomic E-state index is 12.4. The van der Waals surface area contributed by atoms with Gasteiger partial charge in [0.2, 0.25) is 9.84 Å². The van der Waals surface area contributed by atoms with Crippen LogP contribution >= 0.6 is 0 Å². The minimum absolute atomic E-state index is 0.167. The van der Waals surface area contributed by atoms with Gasteiger partial charge in [0.1, 0.15) is 21.2 Å². The normalized spacial score (nSPS) is 13.5. The Balaban J connectivity index is 1.96. The molecule has 4 rings (SSSR count). The van der Waals surface area contributed by atoms with E-state index < -0.39 is 93.2 Å². The van der Waals surface area contributed by atoms with Crippen LogP contribution < -0.4 is 5.32 Å². The van der Waals surface area contributed by atoms with Crippen LogP contribution in [0.5, 0.6) is 5.75 Å². The molecule has 0 radical (unpaired) electrons. The lowest BCUT2D eigenvalue weighted by molar-refractivity contribution is 0.306. The van der Waals surface area contributed by atoms with E-state index in [2.05, 4.69) is 19.7 Å². The van der Waals surface area contributed by atoms with E-state index in [0.717, 1.165) is 42.5 Å². The topological polar surface area (TPSA) is 318 Å². The first-order valence-electron chi connectivity index (χ1n) is 11.7. The monoisotopic (exact) mass is 741 g/mol. The van der Waals surface area contributed by atoms with Crippen LogP contribution in [0.4, 0.5) is 17.1 Å². The van der Waals surface area contributed by atoms with Crippen molar-refractivity contribution in [1.82, 2.24) is 0 Å². The lowest BCUT2D eigenvalue weighted by Gasteiger charge is -2.14. The Morgan fingerprint density at radius 2 is 1.35 bits per heavy atom. The van der Waals surface area contributed by atoms with Crippen LogP contribution in [-0.4, -0.2) is 78.4 Å². The minimum Gasteiger partial charge on any atom is -0.505 e. The number of rotatable bonds is 10. The molecule has 4 aromatic carbocycles. The van der Waals surface area contributed by atoms with Crippen LogP contribution in [0.2, 0.25) is 0 Å². The first-order chi connectivity index (χ1) is 20.9. The number of fused-ring (bicyclic) bond motifs is 2. The van der Waals surface area contributed by atoms with E-state index in [-0.39, 0.29) is 27.2 Å². The standard InChI is InChI=1S/C22H19N3O16S5/c1-23-17-9-14(43(29,30)31)7-12-8-18(44(32,33)34)20(21(26)19(12)17)25-24-16-5-2-11-6-13(42(27,28)10-41-46(38,39)40)3-4-15(11)22(16)45(35,36)37/h2-9,23,26H,10H2,1H3,(H,29,30,31)(H,32,33,34)(H,35,36,37)(H,38,39,40). The highest BCUT2D eigenvalue weighted by atomic mass is 32.3. The molecule has 248 valence electrons. The largest absolute Gasteiger partial charge is 0.505 e. The maximum absolute atomic E-state index is 12.4. The lowest BCUT2D eigenvalue weighted by atomic mass is 10.1. The molecule has 24 heteroatoms. The van der Waals surface area contributed by atoms with Gasteiger partial charge < -0.3 is 10.4 Å². The number of phenols is 1. The molecule has 0 amide bonds. The van der Waals surface area contributed by atoms with Crippen molar-refractivity contribution in [3.8, 4) is 5.75 Å². The highest BCUT2D eigenvalue weighted by Crippen LogP contribution is 2.45. The number of nitrogens with one attached hydrogen (secondary N) is 1. The van der Waals surface area contributed by atoms with Crippen LogP contribution in [-0.2, 0) is 54.8 Å². The zero-order valence-electron chi connectivity index (χ0n) is 22.5. The quantitative estimate of drug-likeness (QED) is 0.100. The molecule has 4 aromatic rings. The molecule has 0 aliphatic carbocycles. The fourth-order valence-electron chi connectivity index (χ4n) is 4.21. The number of anilines is 1. The van der Waals surface area contributed by atoms with E-state index in [0.29, 0.717) is 6.07 Å². The number of nitrogens with zero attached hydrogens (tertiary/aromatic N) is 2. The minimum atomic E-state index is -5.26. The van der Waals surface area contributed by atoms with Crippen molar-refractivity contribution in [3.05, 3.63) is 48.5 Å². The summed E-state index contributed by atoms with van der Waals surface area (Å²) in [6, 6.07) is 6.90. The van der Waals surface area contributed by atoms with Crippen molar-refractivity contribution < 1.29 is 69.6 Å². The molecule has 0 aliphatic heterocycles. The van der Waals surface area contributed by atoms with Crippen LogP contribution in [0.1, 0.15) is 0 Å². The summed E-state index contributed by atoms with van der Waals surface area (Å²) in [7, 11) is -23.7. The second-order valence-electron chi connectivity index (χ2n) is 9.09. The Bertz CT molecular complexity index is 2530. The van der Waals surface area contributed by atoms with E-state index >= 15 is 0 Å². The van der Waals surface area contributed by atoms with Crippen molar-refractivity contribution in [2.75, 3.05) is 18.3 Å². The van der Waals surface area contributed by atoms with Crippen LogP contribution in [0.15, 0.2) is 78.3 Å². The van der Waals surface area contributed by atoms with Gasteiger partial charge in [0.25, 0.3) is 30.4 Å². The van der Waals surface area contributed by atoms with E-state index in [9.17, 15) is 60.9 Å². The summed E-state index contributed by atoms with van der Waals surface area (Å²) in [6.07, 6.45) is 0. The van der Waals surface area contributed by atoms with Crippen LogP contribution in [0, 0.1) is 0 Å². The van der Waals surface area contributed by atoms with Gasteiger partial charge in [-0.15, -0.1) is 10.2 Å². The molecular weight excluding hydrogens is 723 g/mol. The average Bonchev–Trinajstić information content (AvgIpc) is 2.92. The Kier molecular flexibility index (Phi) is 8.94. The number of phenolic OH excluding ortho intramolecular Hbond substituents is 1. The van der Waals surface area contributed by atoms with Crippen molar-refractivity contribution in [3.63, 3.8) is 0 Å². The molecule has 46 heavy (non-hydrogen) atoms. The molecule has 0 saturated heterocycles. The highest BCUT2D eigenvalue weighted by Gasteiger charge is 2.27. The Hall–Kier alpha value is -3.85. The fourth-order valence-corrected chi connectivity index (χ4v) is 7.95. The third-order valence-corrected chi connectivity index (χ3v) is 10.7. The third-order valence-electron chi connectivity index (χ3n) is 6.12. The van der Waals surface area contributed by atoms with Gasteiger partial charge in [0.05, 0.1) is 9.79 Å². The summed E-state index contributed by atoms with van der Waals surface area (Å²) in [5.41, 5.74) is -1.82. The molecule has 0 bridgehead atoms. The van der Waals surface area contributed by atoms with Gasteiger partial charge in [-0.3, -0.25) is 18.2 Å². The molecule has 0 atom stereocenters. The molecule has 0 saturated carbocycles. The molecule has 0 spiro atoms. The molecule has 0 aliphatic rings. The first kappa shape index (κ1) is 35.0. The van der Waals surface area contributed by atoms with Gasteiger partial charge in [0.15, 0.2) is 11.7 Å². The van der Waals surface area contributed by atoms with Gasteiger partial charge in [-0.1, -0.05) is 12.1 Å². The summed E-state index contributed by atoms with van der Waals surface area (Å²) >= 11 is 0. The molecule has 0 unspecified atom stereocenters. The summed E-state index contributed by atoms with van der Waals surface area (Å²) < 4.78 is 161. The highest BCUT2D eigenvalue weighted by molar-refractivity contribution is 7.92. The summed E-state index contributed by atoms with van der Waals surface area (Å²) in [4.78, 5) is -3.41. The summed E-state index contributed by atoms with van der Waals surface area (Å²) in [6.45, 7) is 0. The fraction of sp³-hybridized carbons (Fsp3) is 0.0909. The van der Waals surface area contributed by atoms with Gasteiger partial charge >= 0.3 is 10.4 Å². The zero-order chi connectivity index (χ0) is 34.6. The molecule has 0 heterocycles. The van der Waals surface area contributed by atoms with E-state index in [4.69, 9.17) is 4.55 Å². The maximum Gasteiger partial charge on any atom is 0.398 e. The van der Waals surface area contributed by atoms with Crippen molar-refractivity contribution >= 4 is 89.2 Å². The predicted molar refractivity (Wildman–Crippen MR) is 157 cm³/mol. The smallest absolute Gasteiger partial charge is 0.398 e. The van der Waals surface area contributed by atoms with E-state index in [1.165, 1.54) is 7.05 Å². The van der Waals surface area contributed by atoms with Crippen molar-refractivity contribution in [2.24, 2.45) is 10.2 Å². The number of aromatic hydroxyl groups is 1. The Labute approximate surface area is 260 Å². The lowest BCUT2D eigenvalue weighted by Crippen LogP contribution is -2.14. The number of hydrogen-bond acceptors (Lipinski definition) is 15. The molecule has 0 aromatic heterocycles. The van der Waals surface area contributed by atoms with Gasteiger partial charge in [-0.2, -0.15) is 33.7 Å². The van der Waals surface area contributed by atoms with Gasteiger partial charge in [0, 0.05) is 23.5 Å². The van der Waals surface area contributed by atoms with Crippen LogP contribution in [0.3, 0.4) is 0 Å².